The number of rotatable bonds is 5. The second kappa shape index (κ2) is 7.98. The van der Waals surface area contributed by atoms with Gasteiger partial charge >= 0.3 is 12.1 Å². The van der Waals surface area contributed by atoms with Crippen LogP contribution in [0.15, 0.2) is 23.1 Å². The molecular formula is C18H23F3O4S. The fraction of sp³-hybridized carbons (Fsp3) is 0.611. The number of ether oxygens (including phenoxy) is 1. The number of carbonyl (C=O) groups excluding carboxylic acids is 1. The van der Waals surface area contributed by atoms with E-state index in [4.69, 9.17) is 4.74 Å². The third kappa shape index (κ3) is 5.46. The molecule has 0 amide bonds. The molecule has 0 aromatic heterocycles. The fourth-order valence-corrected chi connectivity index (χ4v) is 4.04. The van der Waals surface area contributed by atoms with Crippen LogP contribution in [0, 0.1) is 5.92 Å². The lowest BCUT2D eigenvalue weighted by Crippen LogP contribution is -2.25. The number of benzene rings is 1. The smallest absolute Gasteiger partial charge is 0.417 e. The van der Waals surface area contributed by atoms with E-state index in [1.165, 1.54) is 6.07 Å². The topological polar surface area (TPSA) is 60.4 Å². The Morgan fingerprint density at radius 2 is 1.85 bits per heavy atom. The third-order valence-corrected chi connectivity index (χ3v) is 5.68. The molecule has 1 aromatic carbocycles. The van der Waals surface area contributed by atoms with Gasteiger partial charge in [0.1, 0.15) is 6.10 Å². The summed E-state index contributed by atoms with van der Waals surface area (Å²) in [5, 5.41) is 0. The lowest BCUT2D eigenvalue weighted by Gasteiger charge is -2.23. The number of sulfone groups is 1. The van der Waals surface area contributed by atoms with Crippen molar-refractivity contribution in [2.24, 2.45) is 5.92 Å². The van der Waals surface area contributed by atoms with E-state index < -0.39 is 38.4 Å². The van der Waals surface area contributed by atoms with E-state index in [1.807, 2.05) is 0 Å². The molecule has 1 saturated carbocycles. The zero-order chi connectivity index (χ0) is 19.5. The van der Waals surface area contributed by atoms with E-state index in [0.717, 1.165) is 50.5 Å². The number of carbonyl (C=O) groups is 1. The van der Waals surface area contributed by atoms with Gasteiger partial charge < -0.3 is 4.74 Å². The Hall–Kier alpha value is -1.57. The lowest BCUT2D eigenvalue weighted by atomic mass is 9.96. The quantitative estimate of drug-likeness (QED) is 0.706. The van der Waals surface area contributed by atoms with Crippen molar-refractivity contribution in [2.75, 3.05) is 6.26 Å². The molecule has 0 heterocycles. The summed E-state index contributed by atoms with van der Waals surface area (Å²) in [5.74, 6) is -1.04. The molecular weight excluding hydrogens is 369 g/mol. The molecule has 1 aliphatic carbocycles. The van der Waals surface area contributed by atoms with Crippen molar-refractivity contribution in [3.8, 4) is 0 Å². The Kier molecular flexibility index (Phi) is 6.37. The standard InChI is InChI=1S/C18H23F3O4S/c1-12(17(22)25-14-6-4-3-5-7-14)10-13-8-9-16(26(2,23)24)15(11-13)18(19,20)21/h8-9,11-12,14H,3-7,10H2,1-2H3. The van der Waals surface area contributed by atoms with Crippen LogP contribution in [0.5, 0.6) is 0 Å². The molecule has 2 rings (SSSR count). The van der Waals surface area contributed by atoms with Gasteiger partial charge in [0.2, 0.25) is 0 Å². The first-order valence-electron chi connectivity index (χ1n) is 8.59. The third-order valence-electron chi connectivity index (χ3n) is 4.53. The average molecular weight is 392 g/mol. The minimum Gasteiger partial charge on any atom is -0.462 e. The van der Waals surface area contributed by atoms with Gasteiger partial charge in [0.05, 0.1) is 16.4 Å². The van der Waals surface area contributed by atoms with Crippen LogP contribution in [-0.2, 0) is 32.0 Å². The molecule has 0 aliphatic heterocycles. The summed E-state index contributed by atoms with van der Waals surface area (Å²) < 4.78 is 68.2. The Bertz CT molecular complexity index is 750. The maximum Gasteiger partial charge on any atom is 0.417 e. The molecule has 0 N–H and O–H groups in total. The largest absolute Gasteiger partial charge is 0.462 e. The van der Waals surface area contributed by atoms with Crippen molar-refractivity contribution in [1.82, 2.24) is 0 Å². The van der Waals surface area contributed by atoms with Crippen LogP contribution >= 0.6 is 0 Å². The molecule has 1 aliphatic rings. The molecule has 1 fully saturated rings. The Morgan fingerprint density at radius 3 is 2.38 bits per heavy atom. The first kappa shape index (κ1) is 20.7. The molecule has 0 bridgehead atoms. The van der Waals surface area contributed by atoms with Gasteiger partial charge in [-0.05, 0) is 49.8 Å². The molecule has 8 heteroatoms. The molecule has 4 nitrogen and oxygen atoms in total. The Morgan fingerprint density at radius 1 is 1.23 bits per heavy atom. The van der Waals surface area contributed by atoms with Gasteiger partial charge in [0.25, 0.3) is 0 Å². The molecule has 26 heavy (non-hydrogen) atoms. The summed E-state index contributed by atoms with van der Waals surface area (Å²) in [6.07, 6.45) is 0.663. The monoisotopic (exact) mass is 392 g/mol. The van der Waals surface area contributed by atoms with Crippen LogP contribution < -0.4 is 0 Å². The molecule has 0 spiro atoms. The molecule has 0 saturated heterocycles. The van der Waals surface area contributed by atoms with Crippen molar-refractivity contribution in [2.45, 2.75) is 62.6 Å². The highest BCUT2D eigenvalue weighted by atomic mass is 32.2. The number of hydrogen-bond donors (Lipinski definition) is 0. The van der Waals surface area contributed by atoms with E-state index in [1.54, 1.807) is 6.92 Å². The van der Waals surface area contributed by atoms with Gasteiger partial charge in [0, 0.05) is 6.26 Å². The van der Waals surface area contributed by atoms with Crippen LogP contribution in [0.25, 0.3) is 0 Å². The summed E-state index contributed by atoms with van der Waals surface area (Å²) in [5.41, 5.74) is -0.955. The van der Waals surface area contributed by atoms with Gasteiger partial charge in [-0.25, -0.2) is 8.42 Å². The van der Waals surface area contributed by atoms with E-state index in [9.17, 15) is 26.4 Å². The van der Waals surface area contributed by atoms with Crippen molar-refractivity contribution >= 4 is 15.8 Å². The van der Waals surface area contributed by atoms with Crippen molar-refractivity contribution < 1.29 is 31.1 Å². The summed E-state index contributed by atoms with van der Waals surface area (Å²) in [7, 11) is -4.01. The lowest BCUT2D eigenvalue weighted by molar-refractivity contribution is -0.154. The van der Waals surface area contributed by atoms with Crippen LogP contribution in [0.4, 0.5) is 13.2 Å². The fourth-order valence-electron chi connectivity index (χ4n) is 3.15. The predicted molar refractivity (Wildman–Crippen MR) is 90.4 cm³/mol. The summed E-state index contributed by atoms with van der Waals surface area (Å²) in [4.78, 5) is 11.4. The number of halogens is 3. The number of alkyl halides is 3. The zero-order valence-electron chi connectivity index (χ0n) is 14.8. The van der Waals surface area contributed by atoms with Gasteiger partial charge in [-0.15, -0.1) is 0 Å². The summed E-state index contributed by atoms with van der Waals surface area (Å²) in [6.45, 7) is 1.60. The summed E-state index contributed by atoms with van der Waals surface area (Å²) >= 11 is 0. The second-order valence-corrected chi connectivity index (χ2v) is 8.89. The van der Waals surface area contributed by atoms with Gasteiger partial charge in [0.15, 0.2) is 9.84 Å². The van der Waals surface area contributed by atoms with Crippen LogP contribution in [0.2, 0.25) is 0 Å². The molecule has 0 radical (unpaired) electrons. The van der Waals surface area contributed by atoms with Crippen LogP contribution in [-0.4, -0.2) is 26.7 Å². The van der Waals surface area contributed by atoms with Crippen molar-refractivity contribution in [1.29, 1.82) is 0 Å². The predicted octanol–water partition coefficient (Wildman–Crippen LogP) is 4.16. The van der Waals surface area contributed by atoms with Gasteiger partial charge in [-0.3, -0.25) is 4.79 Å². The normalized spacial score (nSPS) is 17.7. The Labute approximate surface area is 151 Å². The molecule has 1 atom stereocenters. The van der Waals surface area contributed by atoms with E-state index >= 15 is 0 Å². The van der Waals surface area contributed by atoms with Crippen LogP contribution in [0.3, 0.4) is 0 Å². The first-order valence-corrected chi connectivity index (χ1v) is 10.5. The number of hydrogen-bond acceptors (Lipinski definition) is 4. The SMILES string of the molecule is CC(Cc1ccc(S(C)(=O)=O)c(C(F)(F)F)c1)C(=O)OC1CCCCC1. The van der Waals surface area contributed by atoms with Crippen molar-refractivity contribution in [3.63, 3.8) is 0 Å². The second-order valence-electron chi connectivity index (χ2n) is 6.90. The Balaban J connectivity index is 2.14. The maximum atomic E-state index is 13.2. The summed E-state index contributed by atoms with van der Waals surface area (Å²) in [6, 6.07) is 3.07. The highest BCUT2D eigenvalue weighted by Gasteiger charge is 2.36. The molecule has 1 aromatic rings. The maximum absolute atomic E-state index is 13.2. The van der Waals surface area contributed by atoms with E-state index in [0.29, 0.717) is 0 Å². The van der Waals surface area contributed by atoms with Gasteiger partial charge in [-0.1, -0.05) is 19.4 Å². The highest BCUT2D eigenvalue weighted by Crippen LogP contribution is 2.35. The zero-order valence-corrected chi connectivity index (χ0v) is 15.6. The minimum absolute atomic E-state index is 0.0542. The van der Waals surface area contributed by atoms with Crippen molar-refractivity contribution in [3.05, 3.63) is 29.3 Å². The number of esters is 1. The minimum atomic E-state index is -4.79. The van der Waals surface area contributed by atoms with E-state index in [-0.39, 0.29) is 18.1 Å². The van der Waals surface area contributed by atoms with Gasteiger partial charge in [-0.2, -0.15) is 13.2 Å². The average Bonchev–Trinajstić information content (AvgIpc) is 2.53. The first-order chi connectivity index (χ1) is 12.0. The molecule has 1 unspecified atom stereocenters. The van der Waals surface area contributed by atoms with Crippen LogP contribution in [0.1, 0.15) is 50.2 Å². The van der Waals surface area contributed by atoms with E-state index in [2.05, 4.69) is 0 Å². The molecule has 146 valence electrons. The highest BCUT2D eigenvalue weighted by molar-refractivity contribution is 7.90.